The Morgan fingerprint density at radius 1 is 1.07 bits per heavy atom. The average molecular weight is 406 g/mol. The van der Waals surface area contributed by atoms with Crippen LogP contribution in [0.15, 0.2) is 76.5 Å². The Balaban J connectivity index is 2.17. The maximum atomic E-state index is 12.7. The van der Waals surface area contributed by atoms with E-state index in [0.29, 0.717) is 4.90 Å². The third-order valence-corrected chi connectivity index (χ3v) is 7.03. The molecule has 4 nitrogen and oxygen atoms in total. The Morgan fingerprint density at radius 3 is 2.37 bits per heavy atom. The van der Waals surface area contributed by atoms with E-state index in [1.807, 2.05) is 37.3 Å². The Hall–Kier alpha value is -1.76. The van der Waals surface area contributed by atoms with Gasteiger partial charge in [-0.2, -0.15) is 0 Å². The van der Waals surface area contributed by atoms with Crippen molar-refractivity contribution >= 4 is 20.8 Å². The lowest BCUT2D eigenvalue weighted by molar-refractivity contribution is 0.576. The van der Waals surface area contributed by atoms with Crippen LogP contribution in [0.5, 0.6) is 0 Å². The molecule has 2 atom stereocenters. The van der Waals surface area contributed by atoms with Crippen LogP contribution < -0.4 is 4.72 Å². The minimum absolute atomic E-state index is 0.192. The van der Waals surface area contributed by atoms with Gasteiger partial charge in [-0.15, -0.1) is 0 Å². The standard InChI is InChI=1S/C21H27NO3S2/c1-3-4-5-7-10-19(17-26(23)20-11-8-6-9-12-20)22-27(24,25)21-15-13-18(2)14-16-21/h6-16,19,22H,3-5,17H2,1-2H3/b10-7-/t19-,26?/m1/s1. The Morgan fingerprint density at radius 2 is 1.74 bits per heavy atom. The molecule has 1 unspecified atom stereocenters. The summed E-state index contributed by atoms with van der Waals surface area (Å²) >= 11 is 0. The van der Waals surface area contributed by atoms with E-state index in [2.05, 4.69) is 11.6 Å². The summed E-state index contributed by atoms with van der Waals surface area (Å²) in [4.78, 5) is 0.907. The summed E-state index contributed by atoms with van der Waals surface area (Å²) in [5.74, 6) is 0.192. The van der Waals surface area contributed by atoms with E-state index in [-0.39, 0.29) is 10.6 Å². The second-order valence-electron chi connectivity index (χ2n) is 6.44. The quantitative estimate of drug-likeness (QED) is 0.476. The second kappa shape index (κ2) is 10.5. The molecule has 0 aliphatic rings. The lowest BCUT2D eigenvalue weighted by Crippen LogP contribution is -2.37. The molecule has 0 aromatic heterocycles. The van der Waals surface area contributed by atoms with Gasteiger partial charge in [0.15, 0.2) is 0 Å². The fourth-order valence-electron chi connectivity index (χ4n) is 2.53. The van der Waals surface area contributed by atoms with Crippen LogP contribution in [0.25, 0.3) is 0 Å². The smallest absolute Gasteiger partial charge is 0.241 e. The van der Waals surface area contributed by atoms with Crippen molar-refractivity contribution in [3.63, 3.8) is 0 Å². The first kappa shape index (κ1) is 21.5. The predicted molar refractivity (Wildman–Crippen MR) is 112 cm³/mol. The first-order valence-electron chi connectivity index (χ1n) is 9.11. The molecule has 2 aromatic carbocycles. The Kier molecular flexibility index (Phi) is 8.41. The van der Waals surface area contributed by atoms with Crippen LogP contribution in [-0.4, -0.2) is 24.4 Å². The van der Waals surface area contributed by atoms with Crippen molar-refractivity contribution in [3.05, 3.63) is 72.3 Å². The lowest BCUT2D eigenvalue weighted by atomic mass is 10.2. The van der Waals surface area contributed by atoms with E-state index in [4.69, 9.17) is 0 Å². The molecule has 0 aliphatic heterocycles. The minimum atomic E-state index is -3.68. The zero-order chi connectivity index (χ0) is 19.7. The molecule has 0 heterocycles. The molecule has 0 bridgehead atoms. The van der Waals surface area contributed by atoms with Crippen molar-refractivity contribution in [2.75, 3.05) is 5.75 Å². The molecule has 0 spiro atoms. The van der Waals surface area contributed by atoms with Crippen molar-refractivity contribution in [2.24, 2.45) is 0 Å². The second-order valence-corrected chi connectivity index (χ2v) is 9.65. The fourth-order valence-corrected chi connectivity index (χ4v) is 5.00. The molecule has 2 rings (SSSR count). The highest BCUT2D eigenvalue weighted by Gasteiger charge is 2.20. The summed E-state index contributed by atoms with van der Waals surface area (Å²) in [7, 11) is -4.98. The SMILES string of the molecule is CCCC/C=C\[C@H](CS(=O)c1ccccc1)NS(=O)(=O)c1ccc(C)cc1. The molecule has 146 valence electrons. The maximum Gasteiger partial charge on any atom is 0.241 e. The number of benzene rings is 2. The number of sulfonamides is 1. The first-order chi connectivity index (χ1) is 12.9. The van der Waals surface area contributed by atoms with Gasteiger partial charge in [0, 0.05) is 10.6 Å². The number of unbranched alkanes of at least 4 members (excludes halogenated alkanes) is 2. The molecular formula is C21H27NO3S2. The van der Waals surface area contributed by atoms with Crippen LogP contribution in [0.1, 0.15) is 31.7 Å². The van der Waals surface area contributed by atoms with E-state index >= 15 is 0 Å². The van der Waals surface area contributed by atoms with E-state index in [1.54, 1.807) is 36.4 Å². The van der Waals surface area contributed by atoms with Gasteiger partial charge in [-0.1, -0.05) is 67.8 Å². The molecule has 0 saturated heterocycles. The zero-order valence-corrected chi connectivity index (χ0v) is 17.4. The van der Waals surface area contributed by atoms with Crippen LogP contribution in [0.3, 0.4) is 0 Å². The fraction of sp³-hybridized carbons (Fsp3) is 0.333. The summed E-state index contributed by atoms with van der Waals surface area (Å²) in [5, 5.41) is 0. The average Bonchev–Trinajstić information content (AvgIpc) is 2.66. The number of allylic oxidation sites excluding steroid dienone is 1. The van der Waals surface area contributed by atoms with Gasteiger partial charge in [0.25, 0.3) is 0 Å². The third-order valence-electron chi connectivity index (χ3n) is 4.07. The first-order valence-corrected chi connectivity index (χ1v) is 11.9. The minimum Gasteiger partial charge on any atom is -0.254 e. The summed E-state index contributed by atoms with van der Waals surface area (Å²) in [6.07, 6.45) is 6.77. The van der Waals surface area contributed by atoms with Crippen molar-refractivity contribution in [1.29, 1.82) is 0 Å². The van der Waals surface area contributed by atoms with Crippen molar-refractivity contribution in [2.45, 2.75) is 48.9 Å². The Bertz CT molecular complexity index is 860. The summed E-state index contributed by atoms with van der Waals surface area (Å²) in [6.45, 7) is 4.02. The Labute approximate surface area is 165 Å². The van der Waals surface area contributed by atoms with Gasteiger partial charge in [0.05, 0.1) is 21.7 Å². The molecule has 6 heteroatoms. The monoisotopic (exact) mass is 405 g/mol. The highest BCUT2D eigenvalue weighted by atomic mass is 32.2. The predicted octanol–water partition coefficient (Wildman–Crippen LogP) is 4.20. The van der Waals surface area contributed by atoms with Gasteiger partial charge >= 0.3 is 0 Å². The van der Waals surface area contributed by atoms with Crippen LogP contribution >= 0.6 is 0 Å². The number of rotatable bonds is 10. The molecule has 1 N–H and O–H groups in total. The number of hydrogen-bond donors (Lipinski definition) is 1. The number of hydrogen-bond acceptors (Lipinski definition) is 3. The van der Waals surface area contributed by atoms with Crippen LogP contribution in [-0.2, 0) is 20.8 Å². The molecule has 0 fully saturated rings. The summed E-state index contributed by atoms with van der Waals surface area (Å²) < 4.78 is 40.8. The normalized spacial score (nSPS) is 14.3. The molecule has 0 aliphatic carbocycles. The third kappa shape index (κ3) is 7.05. The zero-order valence-electron chi connectivity index (χ0n) is 15.8. The topological polar surface area (TPSA) is 63.2 Å². The van der Waals surface area contributed by atoms with Crippen molar-refractivity contribution in [3.8, 4) is 0 Å². The van der Waals surface area contributed by atoms with Gasteiger partial charge in [0.2, 0.25) is 10.0 Å². The van der Waals surface area contributed by atoms with Gasteiger partial charge < -0.3 is 0 Å². The molecule has 0 amide bonds. The van der Waals surface area contributed by atoms with Crippen molar-refractivity contribution < 1.29 is 12.6 Å². The van der Waals surface area contributed by atoms with E-state index in [9.17, 15) is 12.6 Å². The highest BCUT2D eigenvalue weighted by Crippen LogP contribution is 2.13. The summed E-state index contributed by atoms with van der Waals surface area (Å²) in [6, 6.07) is 15.3. The van der Waals surface area contributed by atoms with Crippen LogP contribution in [0.2, 0.25) is 0 Å². The van der Waals surface area contributed by atoms with Gasteiger partial charge in [-0.05, 0) is 37.6 Å². The van der Waals surface area contributed by atoms with E-state index in [1.165, 1.54) is 0 Å². The van der Waals surface area contributed by atoms with E-state index < -0.39 is 26.9 Å². The van der Waals surface area contributed by atoms with Gasteiger partial charge in [-0.25, -0.2) is 13.1 Å². The molecular weight excluding hydrogens is 378 g/mol. The lowest BCUT2D eigenvalue weighted by Gasteiger charge is -2.16. The van der Waals surface area contributed by atoms with Crippen LogP contribution in [0.4, 0.5) is 0 Å². The maximum absolute atomic E-state index is 12.7. The molecule has 0 radical (unpaired) electrons. The summed E-state index contributed by atoms with van der Waals surface area (Å²) in [5.41, 5.74) is 0.996. The van der Waals surface area contributed by atoms with E-state index in [0.717, 1.165) is 24.8 Å². The number of aryl methyl sites for hydroxylation is 1. The van der Waals surface area contributed by atoms with Crippen molar-refractivity contribution in [1.82, 2.24) is 4.72 Å². The van der Waals surface area contributed by atoms with Gasteiger partial charge in [-0.3, -0.25) is 4.21 Å². The largest absolute Gasteiger partial charge is 0.254 e. The van der Waals surface area contributed by atoms with Gasteiger partial charge in [0.1, 0.15) is 0 Å². The highest BCUT2D eigenvalue weighted by molar-refractivity contribution is 7.89. The van der Waals surface area contributed by atoms with Crippen LogP contribution in [0, 0.1) is 6.92 Å². The molecule has 27 heavy (non-hydrogen) atoms. The number of nitrogens with one attached hydrogen (secondary N) is 1. The molecule has 0 saturated carbocycles. The molecule has 2 aromatic rings.